The summed E-state index contributed by atoms with van der Waals surface area (Å²) in [6.45, 7) is 13.0. The van der Waals surface area contributed by atoms with Crippen molar-refractivity contribution < 1.29 is 14.7 Å². The lowest BCUT2D eigenvalue weighted by Gasteiger charge is -2.28. The minimum absolute atomic E-state index is 0.109. The Morgan fingerprint density at radius 3 is 2.27 bits per heavy atom. The zero-order valence-electron chi connectivity index (χ0n) is 22.3. The Balaban J connectivity index is 1.81. The molecule has 4 rings (SSSR count). The normalized spacial score (nSPS) is 17.4. The number of amides is 1. The number of likely N-dealkylation sites (N-methyl/N-ethyl adjacent to an activating group) is 1. The Morgan fingerprint density at radius 1 is 1.03 bits per heavy atom. The average Bonchev–Trinajstić information content (AvgIpc) is 3.42. The number of carbonyl (C=O) groups excluding carboxylic acids is 2. The molecule has 194 valence electrons. The van der Waals surface area contributed by atoms with Crippen LogP contribution < -0.4 is 0 Å². The molecule has 7 nitrogen and oxygen atoms in total. The first-order valence-electron chi connectivity index (χ1n) is 13.0. The number of aliphatic hydroxyl groups is 1. The monoisotopic (exact) mass is 500 g/mol. The Hall–Kier alpha value is -3.71. The highest BCUT2D eigenvalue weighted by Crippen LogP contribution is 2.40. The van der Waals surface area contributed by atoms with E-state index in [1.807, 2.05) is 61.5 Å². The van der Waals surface area contributed by atoms with Gasteiger partial charge in [0, 0.05) is 13.1 Å². The largest absolute Gasteiger partial charge is 0.507 e. The van der Waals surface area contributed by atoms with Crippen LogP contribution in [0.3, 0.4) is 0 Å². The molecule has 0 aliphatic carbocycles. The van der Waals surface area contributed by atoms with Crippen molar-refractivity contribution in [2.24, 2.45) is 0 Å². The number of likely N-dealkylation sites (tertiary alicyclic amines) is 1. The van der Waals surface area contributed by atoms with Crippen molar-refractivity contribution in [3.63, 3.8) is 0 Å². The van der Waals surface area contributed by atoms with Gasteiger partial charge in [0.2, 0.25) is 0 Å². The summed E-state index contributed by atoms with van der Waals surface area (Å²) in [6.07, 6.45) is 1.56. The van der Waals surface area contributed by atoms with Crippen molar-refractivity contribution in [1.29, 1.82) is 0 Å². The van der Waals surface area contributed by atoms with Crippen LogP contribution in [-0.2, 0) is 9.59 Å². The third-order valence-electron chi connectivity index (χ3n) is 7.28. The quantitative estimate of drug-likeness (QED) is 0.252. The first-order valence-corrected chi connectivity index (χ1v) is 13.0. The summed E-state index contributed by atoms with van der Waals surface area (Å²) in [4.78, 5) is 30.5. The van der Waals surface area contributed by atoms with E-state index >= 15 is 0 Å². The van der Waals surface area contributed by atoms with E-state index < -0.39 is 17.7 Å². The van der Waals surface area contributed by atoms with Crippen LogP contribution in [0.15, 0.2) is 66.4 Å². The van der Waals surface area contributed by atoms with Crippen molar-refractivity contribution in [2.75, 3.05) is 26.2 Å². The molecule has 0 saturated carbocycles. The van der Waals surface area contributed by atoms with Crippen LogP contribution in [0.4, 0.5) is 0 Å². The van der Waals surface area contributed by atoms with Crippen molar-refractivity contribution in [3.8, 4) is 5.69 Å². The van der Waals surface area contributed by atoms with Crippen LogP contribution in [0.25, 0.3) is 11.4 Å². The Bertz CT molecular complexity index is 1290. The van der Waals surface area contributed by atoms with Crippen molar-refractivity contribution >= 4 is 17.4 Å². The van der Waals surface area contributed by atoms with Crippen LogP contribution in [0.5, 0.6) is 0 Å². The molecule has 2 heterocycles. The number of carbonyl (C=O) groups is 2. The van der Waals surface area contributed by atoms with E-state index in [9.17, 15) is 14.7 Å². The Labute approximate surface area is 219 Å². The van der Waals surface area contributed by atoms with Gasteiger partial charge in [-0.1, -0.05) is 70.2 Å². The zero-order valence-corrected chi connectivity index (χ0v) is 22.3. The third-order valence-corrected chi connectivity index (χ3v) is 7.28. The summed E-state index contributed by atoms with van der Waals surface area (Å²) in [7, 11) is 0. The number of aliphatic hydroxyl groups excluding tert-OH is 1. The summed E-state index contributed by atoms with van der Waals surface area (Å²) in [5, 5.41) is 16.0. The van der Waals surface area contributed by atoms with Crippen molar-refractivity contribution in [2.45, 2.75) is 46.6 Å². The fraction of sp³-hybridized carbons (Fsp3) is 0.367. The van der Waals surface area contributed by atoms with Gasteiger partial charge in [0.25, 0.3) is 11.7 Å². The second-order valence-corrected chi connectivity index (χ2v) is 9.73. The topological polar surface area (TPSA) is 78.7 Å². The highest BCUT2D eigenvalue weighted by atomic mass is 16.3. The molecule has 0 radical (unpaired) electrons. The number of rotatable bonds is 9. The number of para-hydroxylation sites is 1. The summed E-state index contributed by atoms with van der Waals surface area (Å²) in [6, 6.07) is 16.9. The minimum Gasteiger partial charge on any atom is -0.507 e. The van der Waals surface area contributed by atoms with Crippen molar-refractivity contribution in [1.82, 2.24) is 19.6 Å². The molecular formula is C30H36N4O3. The van der Waals surface area contributed by atoms with Gasteiger partial charge >= 0.3 is 0 Å². The first kappa shape index (κ1) is 26.4. The molecule has 1 N–H and O–H groups in total. The molecule has 1 aromatic heterocycles. The molecule has 0 spiro atoms. The molecule has 1 aliphatic rings. The molecule has 1 aliphatic heterocycles. The van der Waals surface area contributed by atoms with Gasteiger partial charge in [0.05, 0.1) is 34.8 Å². The molecule has 1 amide bonds. The van der Waals surface area contributed by atoms with Gasteiger partial charge in [0.1, 0.15) is 5.76 Å². The highest BCUT2D eigenvalue weighted by molar-refractivity contribution is 6.46. The standard InChI is InChI=1S/C30H36N4O3/c1-6-32(7-2)17-18-33-27(23-15-13-22(14-16-23)20(3)4)26(29(36)30(33)37)28(35)25-19-31-34(21(25)5)24-11-9-8-10-12-24/h8-16,19-20,27,35H,6-7,17-18H2,1-5H3/b28-26+. The molecule has 1 unspecified atom stereocenters. The maximum atomic E-state index is 13.4. The fourth-order valence-electron chi connectivity index (χ4n) is 4.93. The van der Waals surface area contributed by atoms with E-state index in [1.165, 1.54) is 5.56 Å². The van der Waals surface area contributed by atoms with Crippen LogP contribution in [-0.4, -0.2) is 62.6 Å². The van der Waals surface area contributed by atoms with Gasteiger partial charge in [-0.2, -0.15) is 5.10 Å². The fourth-order valence-corrected chi connectivity index (χ4v) is 4.93. The predicted octanol–water partition coefficient (Wildman–Crippen LogP) is 5.07. The van der Waals surface area contributed by atoms with E-state index in [-0.39, 0.29) is 11.3 Å². The first-order chi connectivity index (χ1) is 17.8. The summed E-state index contributed by atoms with van der Waals surface area (Å²) in [5.74, 6) is -1.09. The van der Waals surface area contributed by atoms with Gasteiger partial charge in [-0.3, -0.25) is 9.59 Å². The number of Topliss-reactive ketones (excluding diaryl/α,β-unsaturated/α-hetero) is 1. The summed E-state index contributed by atoms with van der Waals surface area (Å²) in [5.41, 5.74) is 4.06. The lowest BCUT2D eigenvalue weighted by molar-refractivity contribution is -0.140. The van der Waals surface area contributed by atoms with Crippen LogP contribution in [0.2, 0.25) is 0 Å². The molecule has 3 aromatic rings. The molecular weight excluding hydrogens is 464 g/mol. The third kappa shape index (κ3) is 5.09. The van der Waals surface area contributed by atoms with E-state index in [4.69, 9.17) is 0 Å². The average molecular weight is 501 g/mol. The number of hydrogen-bond acceptors (Lipinski definition) is 5. The number of nitrogens with zero attached hydrogens (tertiary/aromatic N) is 4. The zero-order chi connectivity index (χ0) is 26.7. The van der Waals surface area contributed by atoms with E-state index in [1.54, 1.807) is 15.8 Å². The number of benzene rings is 2. The smallest absolute Gasteiger partial charge is 0.295 e. The van der Waals surface area contributed by atoms with Gasteiger partial charge in [-0.25, -0.2) is 4.68 Å². The second kappa shape index (κ2) is 11.1. The van der Waals surface area contributed by atoms with E-state index in [0.717, 1.165) is 24.3 Å². The van der Waals surface area contributed by atoms with Crippen molar-refractivity contribution in [3.05, 3.63) is 88.8 Å². The maximum Gasteiger partial charge on any atom is 0.295 e. The van der Waals surface area contributed by atoms with E-state index in [2.05, 4.69) is 37.7 Å². The number of ketones is 1. The highest BCUT2D eigenvalue weighted by Gasteiger charge is 2.46. The predicted molar refractivity (Wildman–Crippen MR) is 146 cm³/mol. The van der Waals surface area contributed by atoms with Gasteiger partial charge in [-0.15, -0.1) is 0 Å². The molecule has 1 fully saturated rings. The van der Waals surface area contributed by atoms with Gasteiger partial charge < -0.3 is 14.9 Å². The van der Waals surface area contributed by atoms with Gasteiger partial charge in [0.15, 0.2) is 0 Å². The van der Waals surface area contributed by atoms with Crippen LogP contribution in [0, 0.1) is 6.92 Å². The molecule has 2 aromatic carbocycles. The van der Waals surface area contributed by atoms with Crippen LogP contribution >= 0.6 is 0 Å². The Kier molecular flexibility index (Phi) is 7.93. The molecule has 1 saturated heterocycles. The Morgan fingerprint density at radius 2 is 1.68 bits per heavy atom. The van der Waals surface area contributed by atoms with Gasteiger partial charge in [-0.05, 0) is 49.2 Å². The lowest BCUT2D eigenvalue weighted by Crippen LogP contribution is -2.38. The summed E-state index contributed by atoms with van der Waals surface area (Å²) < 4.78 is 1.72. The number of aromatic nitrogens is 2. The maximum absolute atomic E-state index is 13.4. The van der Waals surface area contributed by atoms with Crippen LogP contribution in [0.1, 0.15) is 62.0 Å². The summed E-state index contributed by atoms with van der Waals surface area (Å²) >= 11 is 0. The minimum atomic E-state index is -0.670. The second-order valence-electron chi connectivity index (χ2n) is 9.73. The lowest BCUT2D eigenvalue weighted by atomic mass is 9.93. The SMILES string of the molecule is CCN(CC)CCN1C(=O)C(=O)/C(=C(/O)c2cnn(-c3ccccc3)c2C)C1c1ccc(C(C)C)cc1. The molecule has 7 heteroatoms. The molecule has 1 atom stereocenters. The molecule has 0 bridgehead atoms. The number of hydrogen-bond donors (Lipinski definition) is 1. The molecule has 37 heavy (non-hydrogen) atoms. The van der Waals surface area contributed by atoms with E-state index in [0.29, 0.717) is 30.3 Å².